The number of amides is 2. The van der Waals surface area contributed by atoms with Gasteiger partial charge in [-0.05, 0) is 30.2 Å². The highest BCUT2D eigenvalue weighted by Gasteiger charge is 2.36. The molecular formula is C22H22N2O5. The van der Waals surface area contributed by atoms with Crippen molar-refractivity contribution in [2.75, 3.05) is 14.2 Å². The first kappa shape index (κ1) is 20.1. The van der Waals surface area contributed by atoms with E-state index >= 15 is 0 Å². The fourth-order valence-electron chi connectivity index (χ4n) is 3.29. The Balaban J connectivity index is 1.98. The number of rotatable bonds is 5. The maximum Gasteiger partial charge on any atom is 0.337 e. The molecule has 7 nitrogen and oxygen atoms in total. The summed E-state index contributed by atoms with van der Waals surface area (Å²) >= 11 is 0. The van der Waals surface area contributed by atoms with Gasteiger partial charge in [0, 0.05) is 5.70 Å². The van der Waals surface area contributed by atoms with Gasteiger partial charge in [-0.1, -0.05) is 42.5 Å². The van der Waals surface area contributed by atoms with Crippen molar-refractivity contribution in [1.29, 1.82) is 0 Å². The largest absolute Gasteiger partial charge is 0.466 e. The summed E-state index contributed by atoms with van der Waals surface area (Å²) in [6.07, 6.45) is 0. The van der Waals surface area contributed by atoms with Crippen LogP contribution in [0.5, 0.6) is 0 Å². The van der Waals surface area contributed by atoms with Crippen molar-refractivity contribution < 1.29 is 23.9 Å². The van der Waals surface area contributed by atoms with Crippen molar-refractivity contribution in [1.82, 2.24) is 10.2 Å². The fraction of sp³-hybridized carbons (Fsp3) is 0.227. The molecule has 3 rings (SSSR count). The number of hydrogen-bond acceptors (Lipinski definition) is 5. The summed E-state index contributed by atoms with van der Waals surface area (Å²) in [6, 6.07) is 15.0. The summed E-state index contributed by atoms with van der Waals surface area (Å²) in [4.78, 5) is 38.6. The van der Waals surface area contributed by atoms with Crippen LogP contribution in [0, 0.1) is 0 Å². The van der Waals surface area contributed by atoms with E-state index in [-0.39, 0.29) is 6.03 Å². The lowest BCUT2D eigenvalue weighted by Crippen LogP contribution is -2.47. The average molecular weight is 394 g/mol. The molecule has 7 heteroatoms. The van der Waals surface area contributed by atoms with Crippen LogP contribution >= 0.6 is 0 Å². The number of urea groups is 1. The van der Waals surface area contributed by atoms with Crippen molar-refractivity contribution in [3.05, 3.63) is 82.6 Å². The van der Waals surface area contributed by atoms with E-state index in [0.717, 1.165) is 5.56 Å². The molecule has 1 N–H and O–H groups in total. The minimum Gasteiger partial charge on any atom is -0.466 e. The highest BCUT2D eigenvalue weighted by atomic mass is 16.5. The first-order chi connectivity index (χ1) is 14.0. The Labute approximate surface area is 168 Å². The van der Waals surface area contributed by atoms with Gasteiger partial charge in [0.15, 0.2) is 0 Å². The fourth-order valence-corrected chi connectivity index (χ4v) is 3.29. The molecule has 29 heavy (non-hydrogen) atoms. The molecule has 1 aliphatic rings. The maximum atomic E-state index is 12.8. The van der Waals surface area contributed by atoms with Gasteiger partial charge in [0.2, 0.25) is 0 Å². The van der Waals surface area contributed by atoms with E-state index in [1.165, 1.54) is 19.1 Å². The first-order valence-corrected chi connectivity index (χ1v) is 9.05. The molecule has 2 amide bonds. The van der Waals surface area contributed by atoms with E-state index in [0.29, 0.717) is 28.9 Å². The Morgan fingerprint density at radius 2 is 1.59 bits per heavy atom. The number of carbonyl (C=O) groups is 3. The number of hydrogen-bond donors (Lipinski definition) is 1. The maximum absolute atomic E-state index is 12.8. The van der Waals surface area contributed by atoms with Crippen molar-refractivity contribution in [2.24, 2.45) is 0 Å². The summed E-state index contributed by atoms with van der Waals surface area (Å²) in [5, 5.41) is 2.87. The van der Waals surface area contributed by atoms with E-state index in [2.05, 4.69) is 5.32 Å². The first-order valence-electron chi connectivity index (χ1n) is 9.05. The minimum absolute atomic E-state index is 0.318. The summed E-state index contributed by atoms with van der Waals surface area (Å²) in [7, 11) is 2.61. The van der Waals surface area contributed by atoms with Gasteiger partial charge in [0.05, 0.1) is 37.9 Å². The molecule has 0 saturated carbocycles. The van der Waals surface area contributed by atoms with E-state index in [4.69, 9.17) is 9.47 Å². The number of benzene rings is 2. The molecule has 0 bridgehead atoms. The molecule has 0 aromatic heterocycles. The molecule has 1 atom stereocenters. The molecule has 150 valence electrons. The van der Waals surface area contributed by atoms with Crippen molar-refractivity contribution in [3.63, 3.8) is 0 Å². The predicted octanol–water partition coefficient (Wildman–Crippen LogP) is 3.19. The second-order valence-electron chi connectivity index (χ2n) is 6.56. The quantitative estimate of drug-likeness (QED) is 0.788. The lowest BCUT2D eigenvalue weighted by Gasteiger charge is -2.35. The third-order valence-electron chi connectivity index (χ3n) is 4.85. The second-order valence-corrected chi connectivity index (χ2v) is 6.56. The lowest BCUT2D eigenvalue weighted by atomic mass is 9.94. The summed E-state index contributed by atoms with van der Waals surface area (Å²) in [5.41, 5.74) is 2.84. The highest BCUT2D eigenvalue weighted by Crippen LogP contribution is 2.32. The zero-order chi connectivity index (χ0) is 21.0. The molecule has 1 heterocycles. The standard InChI is InChI=1S/C22H22N2O5/c1-14-18(21(26)29-3)19(16-9-11-17(12-10-16)20(25)28-2)23-22(27)24(14)13-15-7-5-4-6-8-15/h4-12,19H,13H2,1-3H3,(H,23,27). The van der Waals surface area contributed by atoms with Crippen LogP contribution < -0.4 is 5.32 Å². The molecule has 0 saturated heterocycles. The van der Waals surface area contributed by atoms with Gasteiger partial charge in [0.1, 0.15) is 0 Å². The monoisotopic (exact) mass is 394 g/mol. The van der Waals surface area contributed by atoms with Crippen LogP contribution in [0.1, 0.15) is 34.5 Å². The normalized spacial score (nSPS) is 16.3. The molecule has 1 unspecified atom stereocenters. The Kier molecular flexibility index (Phi) is 5.97. The number of carbonyl (C=O) groups excluding carboxylic acids is 3. The molecule has 0 aliphatic carbocycles. The van der Waals surface area contributed by atoms with Crippen LogP contribution in [0.15, 0.2) is 65.9 Å². The number of ether oxygens (including phenoxy) is 2. The third kappa shape index (κ3) is 4.13. The molecular weight excluding hydrogens is 372 g/mol. The lowest BCUT2D eigenvalue weighted by molar-refractivity contribution is -0.136. The summed E-state index contributed by atoms with van der Waals surface area (Å²) in [5.74, 6) is -0.985. The van der Waals surface area contributed by atoms with Crippen molar-refractivity contribution >= 4 is 18.0 Å². The van der Waals surface area contributed by atoms with E-state index < -0.39 is 18.0 Å². The zero-order valence-electron chi connectivity index (χ0n) is 16.5. The predicted molar refractivity (Wildman–Crippen MR) is 106 cm³/mol. The van der Waals surface area contributed by atoms with Gasteiger partial charge in [-0.3, -0.25) is 4.90 Å². The van der Waals surface area contributed by atoms with Crippen LogP contribution in [0.2, 0.25) is 0 Å². The van der Waals surface area contributed by atoms with E-state index in [9.17, 15) is 14.4 Å². The van der Waals surface area contributed by atoms with Crippen LogP contribution in [0.3, 0.4) is 0 Å². The van der Waals surface area contributed by atoms with E-state index in [1.807, 2.05) is 30.3 Å². The summed E-state index contributed by atoms with van der Waals surface area (Å²) < 4.78 is 9.68. The van der Waals surface area contributed by atoms with Crippen LogP contribution in [0.25, 0.3) is 0 Å². The van der Waals surface area contributed by atoms with Crippen LogP contribution in [-0.4, -0.2) is 37.1 Å². The molecule has 2 aromatic rings. The number of esters is 2. The van der Waals surface area contributed by atoms with Gasteiger partial charge < -0.3 is 14.8 Å². The molecule has 0 spiro atoms. The molecule has 1 aliphatic heterocycles. The molecule has 2 aromatic carbocycles. The van der Waals surface area contributed by atoms with E-state index in [1.54, 1.807) is 31.2 Å². The minimum atomic E-state index is -0.686. The number of allylic oxidation sites excluding steroid dienone is 1. The third-order valence-corrected chi connectivity index (χ3v) is 4.85. The zero-order valence-corrected chi connectivity index (χ0v) is 16.5. The second kappa shape index (κ2) is 8.60. The Morgan fingerprint density at radius 3 is 2.17 bits per heavy atom. The van der Waals surface area contributed by atoms with Crippen LogP contribution in [-0.2, 0) is 20.8 Å². The smallest absolute Gasteiger partial charge is 0.337 e. The van der Waals surface area contributed by atoms with Crippen molar-refractivity contribution in [2.45, 2.75) is 19.5 Å². The van der Waals surface area contributed by atoms with Gasteiger partial charge in [-0.15, -0.1) is 0 Å². The van der Waals surface area contributed by atoms with Gasteiger partial charge in [0.25, 0.3) is 0 Å². The Bertz CT molecular complexity index is 951. The average Bonchev–Trinajstić information content (AvgIpc) is 2.76. The summed E-state index contributed by atoms with van der Waals surface area (Å²) in [6.45, 7) is 2.05. The number of nitrogens with one attached hydrogen (secondary N) is 1. The Hall–Kier alpha value is -3.61. The highest BCUT2D eigenvalue weighted by molar-refractivity contribution is 5.95. The topological polar surface area (TPSA) is 84.9 Å². The number of methoxy groups -OCH3 is 2. The SMILES string of the molecule is COC(=O)C1=C(C)N(Cc2ccccc2)C(=O)NC1c1ccc(C(=O)OC)cc1. The van der Waals surface area contributed by atoms with Gasteiger partial charge in [-0.25, -0.2) is 14.4 Å². The number of nitrogens with zero attached hydrogens (tertiary/aromatic N) is 1. The van der Waals surface area contributed by atoms with Crippen LogP contribution in [0.4, 0.5) is 4.79 Å². The van der Waals surface area contributed by atoms with Gasteiger partial charge in [-0.2, -0.15) is 0 Å². The molecule has 0 fully saturated rings. The Morgan fingerprint density at radius 1 is 0.966 bits per heavy atom. The molecule has 0 radical (unpaired) electrons. The van der Waals surface area contributed by atoms with Gasteiger partial charge >= 0.3 is 18.0 Å². The van der Waals surface area contributed by atoms with Crippen molar-refractivity contribution in [3.8, 4) is 0 Å².